The van der Waals surface area contributed by atoms with Crippen LogP contribution in [0.25, 0.3) is 0 Å². The summed E-state index contributed by atoms with van der Waals surface area (Å²) in [4.78, 5) is 11.0. The predicted octanol–water partition coefficient (Wildman–Crippen LogP) is 4.12. The molecule has 0 aliphatic rings. The number of benzene rings is 2. The summed E-state index contributed by atoms with van der Waals surface area (Å²) < 4.78 is 11.3. The van der Waals surface area contributed by atoms with E-state index in [1.807, 2.05) is 31.2 Å². The standard InChI is InChI=1S/C19H20O3/c1-4-6-17-10-16(12-20)11-18(21-3)19(17)22-13-15-8-5-7-14(2)9-15/h4-5,7-12H,1,6,13H2,2-3H3. The molecule has 0 saturated carbocycles. The highest BCUT2D eigenvalue weighted by Crippen LogP contribution is 2.33. The molecule has 0 N–H and O–H groups in total. The van der Waals surface area contributed by atoms with Gasteiger partial charge in [-0.15, -0.1) is 6.58 Å². The average Bonchev–Trinajstić information content (AvgIpc) is 2.53. The van der Waals surface area contributed by atoms with Crippen molar-refractivity contribution >= 4 is 6.29 Å². The van der Waals surface area contributed by atoms with E-state index in [9.17, 15) is 4.79 Å². The van der Waals surface area contributed by atoms with Gasteiger partial charge in [-0.3, -0.25) is 4.79 Å². The van der Waals surface area contributed by atoms with Crippen LogP contribution in [0.3, 0.4) is 0 Å². The fourth-order valence-corrected chi connectivity index (χ4v) is 2.33. The van der Waals surface area contributed by atoms with Crippen LogP contribution >= 0.6 is 0 Å². The monoisotopic (exact) mass is 296 g/mol. The van der Waals surface area contributed by atoms with Crippen molar-refractivity contribution in [3.05, 3.63) is 71.3 Å². The number of aldehydes is 1. The maximum atomic E-state index is 11.0. The van der Waals surface area contributed by atoms with Crippen LogP contribution in [0.4, 0.5) is 0 Å². The Hall–Kier alpha value is -2.55. The Bertz CT molecular complexity index is 674. The summed E-state index contributed by atoms with van der Waals surface area (Å²) in [5.74, 6) is 1.23. The first-order valence-electron chi connectivity index (χ1n) is 7.13. The third kappa shape index (κ3) is 3.76. The third-order valence-electron chi connectivity index (χ3n) is 3.34. The van der Waals surface area contributed by atoms with E-state index in [2.05, 4.69) is 12.6 Å². The number of methoxy groups -OCH3 is 1. The first-order valence-corrected chi connectivity index (χ1v) is 7.13. The van der Waals surface area contributed by atoms with Crippen molar-refractivity contribution in [2.24, 2.45) is 0 Å². The van der Waals surface area contributed by atoms with Crippen LogP contribution in [0.1, 0.15) is 27.0 Å². The highest BCUT2D eigenvalue weighted by Gasteiger charge is 2.13. The fraction of sp³-hybridized carbons (Fsp3) is 0.211. The second-order valence-corrected chi connectivity index (χ2v) is 5.10. The van der Waals surface area contributed by atoms with Crippen LogP contribution in [-0.4, -0.2) is 13.4 Å². The summed E-state index contributed by atoms with van der Waals surface area (Å²) in [5.41, 5.74) is 3.74. The van der Waals surface area contributed by atoms with Crippen molar-refractivity contribution in [1.82, 2.24) is 0 Å². The Balaban J connectivity index is 2.31. The van der Waals surface area contributed by atoms with Crippen LogP contribution < -0.4 is 9.47 Å². The molecule has 2 rings (SSSR count). The molecule has 0 aromatic heterocycles. The molecule has 114 valence electrons. The Labute approximate surface area is 131 Å². The molecule has 0 radical (unpaired) electrons. The number of hydrogen-bond donors (Lipinski definition) is 0. The second kappa shape index (κ2) is 7.46. The zero-order valence-electron chi connectivity index (χ0n) is 13.0. The van der Waals surface area contributed by atoms with E-state index in [-0.39, 0.29) is 0 Å². The smallest absolute Gasteiger partial charge is 0.165 e. The van der Waals surface area contributed by atoms with Crippen molar-refractivity contribution in [1.29, 1.82) is 0 Å². The van der Waals surface area contributed by atoms with Crippen LogP contribution in [0.2, 0.25) is 0 Å². The Morgan fingerprint density at radius 1 is 1.23 bits per heavy atom. The Morgan fingerprint density at radius 3 is 2.68 bits per heavy atom. The SMILES string of the molecule is C=CCc1cc(C=O)cc(OC)c1OCc1cccc(C)c1. The minimum atomic E-state index is 0.447. The van der Waals surface area contributed by atoms with E-state index in [4.69, 9.17) is 9.47 Å². The van der Waals surface area contributed by atoms with Gasteiger partial charge in [0, 0.05) is 11.1 Å². The van der Waals surface area contributed by atoms with Gasteiger partial charge >= 0.3 is 0 Å². The molecule has 0 atom stereocenters. The lowest BCUT2D eigenvalue weighted by atomic mass is 10.1. The molecule has 0 unspecified atom stereocenters. The molecule has 0 amide bonds. The topological polar surface area (TPSA) is 35.5 Å². The summed E-state index contributed by atoms with van der Waals surface area (Å²) in [6.07, 6.45) is 3.20. The van der Waals surface area contributed by atoms with Crippen LogP contribution in [0.15, 0.2) is 49.1 Å². The number of aryl methyl sites for hydroxylation is 1. The molecule has 0 saturated heterocycles. The summed E-state index contributed by atoms with van der Waals surface area (Å²) in [5, 5.41) is 0. The van der Waals surface area contributed by atoms with E-state index >= 15 is 0 Å². The van der Waals surface area contributed by atoms with Crippen molar-refractivity contribution in [3.8, 4) is 11.5 Å². The zero-order valence-corrected chi connectivity index (χ0v) is 13.0. The predicted molar refractivity (Wildman–Crippen MR) is 87.8 cm³/mol. The van der Waals surface area contributed by atoms with Gasteiger partial charge in [-0.25, -0.2) is 0 Å². The van der Waals surface area contributed by atoms with Crippen molar-refractivity contribution < 1.29 is 14.3 Å². The van der Waals surface area contributed by atoms with E-state index in [1.54, 1.807) is 19.3 Å². The van der Waals surface area contributed by atoms with Gasteiger partial charge in [0.05, 0.1) is 7.11 Å². The second-order valence-electron chi connectivity index (χ2n) is 5.10. The number of allylic oxidation sites excluding steroid dienone is 1. The van der Waals surface area contributed by atoms with Gasteiger partial charge in [0.2, 0.25) is 0 Å². The molecule has 0 fully saturated rings. The summed E-state index contributed by atoms with van der Waals surface area (Å²) in [7, 11) is 1.57. The van der Waals surface area contributed by atoms with Crippen LogP contribution in [0.5, 0.6) is 11.5 Å². The zero-order chi connectivity index (χ0) is 15.9. The fourth-order valence-electron chi connectivity index (χ4n) is 2.33. The van der Waals surface area contributed by atoms with Crippen molar-refractivity contribution in [2.75, 3.05) is 7.11 Å². The van der Waals surface area contributed by atoms with Gasteiger partial charge in [0.25, 0.3) is 0 Å². The lowest BCUT2D eigenvalue weighted by molar-refractivity contribution is 0.112. The van der Waals surface area contributed by atoms with E-state index in [0.717, 1.165) is 17.4 Å². The van der Waals surface area contributed by atoms with E-state index < -0.39 is 0 Å². The third-order valence-corrected chi connectivity index (χ3v) is 3.34. The van der Waals surface area contributed by atoms with Gasteiger partial charge in [-0.1, -0.05) is 35.9 Å². The maximum Gasteiger partial charge on any atom is 0.165 e. The maximum absolute atomic E-state index is 11.0. The molecule has 0 spiro atoms. The number of carbonyl (C=O) groups excluding carboxylic acids is 1. The minimum absolute atomic E-state index is 0.447. The van der Waals surface area contributed by atoms with Gasteiger partial charge in [0.15, 0.2) is 11.5 Å². The van der Waals surface area contributed by atoms with Crippen LogP contribution in [-0.2, 0) is 13.0 Å². The molecule has 0 aliphatic heterocycles. The molecule has 2 aromatic rings. The average molecular weight is 296 g/mol. The lowest BCUT2D eigenvalue weighted by Gasteiger charge is -2.15. The number of ether oxygens (including phenoxy) is 2. The first kappa shape index (κ1) is 15.8. The molecule has 0 heterocycles. The Morgan fingerprint density at radius 2 is 2.05 bits per heavy atom. The van der Waals surface area contributed by atoms with Crippen molar-refractivity contribution in [2.45, 2.75) is 20.0 Å². The molecule has 22 heavy (non-hydrogen) atoms. The normalized spacial score (nSPS) is 10.1. The van der Waals surface area contributed by atoms with Gasteiger partial charge in [-0.2, -0.15) is 0 Å². The van der Waals surface area contributed by atoms with Crippen molar-refractivity contribution in [3.63, 3.8) is 0 Å². The van der Waals surface area contributed by atoms with E-state index in [0.29, 0.717) is 30.1 Å². The molecule has 3 nitrogen and oxygen atoms in total. The van der Waals surface area contributed by atoms with Gasteiger partial charge < -0.3 is 9.47 Å². The minimum Gasteiger partial charge on any atom is -0.493 e. The van der Waals surface area contributed by atoms with Crippen LogP contribution in [0, 0.1) is 6.92 Å². The quantitative estimate of drug-likeness (QED) is 0.569. The molecule has 3 heteroatoms. The Kier molecular flexibility index (Phi) is 5.37. The molecular formula is C19H20O3. The molecule has 2 aromatic carbocycles. The summed E-state index contributed by atoms with van der Waals surface area (Å²) >= 11 is 0. The number of rotatable bonds is 7. The highest BCUT2D eigenvalue weighted by atomic mass is 16.5. The van der Waals surface area contributed by atoms with E-state index in [1.165, 1.54) is 5.56 Å². The summed E-state index contributed by atoms with van der Waals surface area (Å²) in [6.45, 7) is 6.25. The largest absolute Gasteiger partial charge is 0.493 e. The van der Waals surface area contributed by atoms with Gasteiger partial charge in [-0.05, 0) is 31.0 Å². The highest BCUT2D eigenvalue weighted by molar-refractivity contribution is 5.77. The molecule has 0 bridgehead atoms. The molecule has 0 aliphatic carbocycles. The first-order chi connectivity index (χ1) is 10.7. The number of hydrogen-bond acceptors (Lipinski definition) is 3. The van der Waals surface area contributed by atoms with Gasteiger partial charge in [0.1, 0.15) is 12.9 Å². The molecular weight excluding hydrogens is 276 g/mol. The summed E-state index contributed by atoms with van der Waals surface area (Å²) in [6, 6.07) is 11.7. The number of carbonyl (C=O) groups is 1. The lowest BCUT2D eigenvalue weighted by Crippen LogP contribution is -2.02.